The second-order valence-electron chi connectivity index (χ2n) is 4.53. The smallest absolute Gasteiger partial charge is 0.220 e. The molecule has 0 fully saturated rings. The Hall–Kier alpha value is -0.610. The van der Waals surface area contributed by atoms with E-state index in [1.807, 2.05) is 13.8 Å². The molecule has 4 nitrogen and oxygen atoms in total. The Balaban J connectivity index is 3.10. The van der Waals surface area contributed by atoms with Gasteiger partial charge in [-0.1, -0.05) is 27.2 Å². The molecule has 102 valence electrons. The first kappa shape index (κ1) is 16.4. The molecule has 17 heavy (non-hydrogen) atoms. The zero-order valence-electron chi connectivity index (χ0n) is 11.5. The maximum atomic E-state index is 11.3. The third-order valence-electron chi connectivity index (χ3n) is 2.18. The molecule has 1 N–H and O–H groups in total. The summed E-state index contributed by atoms with van der Waals surface area (Å²) in [5.74, 6) is 0.505. The summed E-state index contributed by atoms with van der Waals surface area (Å²) in [4.78, 5) is 11.3. The number of unbranched alkanes of at least 4 members (excludes halogenated alkanes) is 1. The van der Waals surface area contributed by atoms with Crippen molar-refractivity contribution in [3.05, 3.63) is 0 Å². The maximum Gasteiger partial charge on any atom is 0.220 e. The van der Waals surface area contributed by atoms with E-state index in [0.29, 0.717) is 38.7 Å². The third-order valence-corrected chi connectivity index (χ3v) is 2.18. The van der Waals surface area contributed by atoms with Crippen LogP contribution >= 0.6 is 0 Å². The molecule has 0 radical (unpaired) electrons. The highest BCUT2D eigenvalue weighted by Crippen LogP contribution is 1.97. The number of carbonyl (C=O) groups is 1. The summed E-state index contributed by atoms with van der Waals surface area (Å²) in [6.45, 7) is 9.39. The van der Waals surface area contributed by atoms with E-state index in [1.165, 1.54) is 0 Å². The van der Waals surface area contributed by atoms with Gasteiger partial charge in [-0.15, -0.1) is 0 Å². The van der Waals surface area contributed by atoms with E-state index in [0.717, 1.165) is 19.4 Å². The monoisotopic (exact) mass is 245 g/mol. The largest absolute Gasteiger partial charge is 0.379 e. The molecule has 0 aromatic heterocycles. The van der Waals surface area contributed by atoms with Gasteiger partial charge in [-0.3, -0.25) is 4.79 Å². The highest BCUT2D eigenvalue weighted by Gasteiger charge is 2.02. The minimum absolute atomic E-state index is 0.0998. The van der Waals surface area contributed by atoms with Crippen LogP contribution in [-0.4, -0.2) is 38.9 Å². The minimum Gasteiger partial charge on any atom is -0.379 e. The van der Waals surface area contributed by atoms with E-state index in [-0.39, 0.29) is 5.91 Å². The Morgan fingerprint density at radius 1 is 1.12 bits per heavy atom. The standard InChI is InChI=1S/C13H27NO3/c1-4-5-7-16-9-10-17-8-6-14-13(15)11-12(2)3/h12H,4-11H2,1-3H3,(H,14,15). The van der Waals surface area contributed by atoms with Gasteiger partial charge in [0.05, 0.1) is 19.8 Å². The lowest BCUT2D eigenvalue weighted by Gasteiger charge is -2.08. The van der Waals surface area contributed by atoms with Gasteiger partial charge in [0, 0.05) is 19.6 Å². The number of hydrogen-bond acceptors (Lipinski definition) is 3. The topological polar surface area (TPSA) is 47.6 Å². The van der Waals surface area contributed by atoms with Crippen LogP contribution in [-0.2, 0) is 14.3 Å². The molecule has 0 aliphatic heterocycles. The lowest BCUT2D eigenvalue weighted by Crippen LogP contribution is -2.28. The summed E-state index contributed by atoms with van der Waals surface area (Å²) < 4.78 is 10.7. The Morgan fingerprint density at radius 3 is 2.35 bits per heavy atom. The van der Waals surface area contributed by atoms with Gasteiger partial charge in [0.1, 0.15) is 0 Å². The predicted octanol–water partition coefficient (Wildman–Crippen LogP) is 1.98. The zero-order valence-corrected chi connectivity index (χ0v) is 11.5. The fraction of sp³-hybridized carbons (Fsp3) is 0.923. The molecular formula is C13H27NO3. The fourth-order valence-electron chi connectivity index (χ4n) is 1.27. The van der Waals surface area contributed by atoms with Crippen LogP contribution in [0.1, 0.15) is 40.0 Å². The van der Waals surface area contributed by atoms with Crippen molar-refractivity contribution in [3.8, 4) is 0 Å². The number of carbonyl (C=O) groups excluding carboxylic acids is 1. The second kappa shape index (κ2) is 11.9. The van der Waals surface area contributed by atoms with Crippen molar-refractivity contribution in [2.75, 3.05) is 33.0 Å². The predicted molar refractivity (Wildman–Crippen MR) is 69.0 cm³/mol. The molecule has 0 unspecified atom stereocenters. The van der Waals surface area contributed by atoms with Crippen LogP contribution in [0, 0.1) is 5.92 Å². The minimum atomic E-state index is 0.0998. The van der Waals surface area contributed by atoms with E-state index < -0.39 is 0 Å². The summed E-state index contributed by atoms with van der Waals surface area (Å²) in [5.41, 5.74) is 0. The highest BCUT2D eigenvalue weighted by atomic mass is 16.5. The van der Waals surface area contributed by atoms with Gasteiger partial charge in [-0.05, 0) is 12.3 Å². The summed E-state index contributed by atoms with van der Waals surface area (Å²) in [6, 6.07) is 0. The molecule has 0 aromatic rings. The summed E-state index contributed by atoms with van der Waals surface area (Å²) in [7, 11) is 0. The number of amides is 1. The first-order valence-electron chi connectivity index (χ1n) is 6.59. The molecule has 0 aliphatic rings. The second-order valence-corrected chi connectivity index (χ2v) is 4.53. The van der Waals surface area contributed by atoms with Gasteiger partial charge in [0.15, 0.2) is 0 Å². The first-order valence-corrected chi connectivity index (χ1v) is 6.59. The lowest BCUT2D eigenvalue weighted by molar-refractivity contribution is -0.122. The molecule has 0 bridgehead atoms. The van der Waals surface area contributed by atoms with Crippen LogP contribution in [0.5, 0.6) is 0 Å². The lowest BCUT2D eigenvalue weighted by atomic mass is 10.1. The van der Waals surface area contributed by atoms with Crippen LogP contribution < -0.4 is 5.32 Å². The molecule has 0 aliphatic carbocycles. The molecular weight excluding hydrogens is 218 g/mol. The summed E-state index contributed by atoms with van der Waals surface area (Å²) in [5, 5.41) is 2.82. The number of rotatable bonds is 11. The molecule has 0 saturated heterocycles. The van der Waals surface area contributed by atoms with Crippen LogP contribution in [0.15, 0.2) is 0 Å². The van der Waals surface area contributed by atoms with Gasteiger partial charge >= 0.3 is 0 Å². The van der Waals surface area contributed by atoms with Crippen molar-refractivity contribution in [1.29, 1.82) is 0 Å². The van der Waals surface area contributed by atoms with Crippen molar-refractivity contribution >= 4 is 5.91 Å². The van der Waals surface area contributed by atoms with Gasteiger partial charge in [0.25, 0.3) is 0 Å². The van der Waals surface area contributed by atoms with Crippen LogP contribution in [0.4, 0.5) is 0 Å². The number of hydrogen-bond donors (Lipinski definition) is 1. The molecule has 0 heterocycles. The van der Waals surface area contributed by atoms with Crippen LogP contribution in [0.2, 0.25) is 0 Å². The Bertz CT molecular complexity index is 184. The van der Waals surface area contributed by atoms with Crippen molar-refractivity contribution < 1.29 is 14.3 Å². The fourth-order valence-corrected chi connectivity index (χ4v) is 1.27. The van der Waals surface area contributed by atoms with Crippen molar-refractivity contribution in [1.82, 2.24) is 5.32 Å². The normalized spacial score (nSPS) is 10.8. The number of ether oxygens (including phenoxy) is 2. The quantitative estimate of drug-likeness (QED) is 0.566. The van der Waals surface area contributed by atoms with E-state index in [2.05, 4.69) is 12.2 Å². The van der Waals surface area contributed by atoms with E-state index >= 15 is 0 Å². The van der Waals surface area contributed by atoms with Gasteiger partial charge in [-0.25, -0.2) is 0 Å². The Morgan fingerprint density at radius 2 is 1.76 bits per heavy atom. The van der Waals surface area contributed by atoms with Crippen LogP contribution in [0.3, 0.4) is 0 Å². The zero-order chi connectivity index (χ0) is 12.9. The third kappa shape index (κ3) is 13.3. The van der Waals surface area contributed by atoms with E-state index in [1.54, 1.807) is 0 Å². The molecule has 0 spiro atoms. The van der Waals surface area contributed by atoms with Crippen LogP contribution in [0.25, 0.3) is 0 Å². The van der Waals surface area contributed by atoms with Gasteiger partial charge in [0.2, 0.25) is 5.91 Å². The summed E-state index contributed by atoms with van der Waals surface area (Å²) in [6.07, 6.45) is 2.84. The average Bonchev–Trinajstić information content (AvgIpc) is 2.26. The van der Waals surface area contributed by atoms with Crippen molar-refractivity contribution in [2.45, 2.75) is 40.0 Å². The molecule has 0 atom stereocenters. The molecule has 0 aromatic carbocycles. The van der Waals surface area contributed by atoms with Gasteiger partial charge < -0.3 is 14.8 Å². The summed E-state index contributed by atoms with van der Waals surface area (Å²) >= 11 is 0. The Labute approximate surface area is 105 Å². The first-order chi connectivity index (χ1) is 8.16. The maximum absolute atomic E-state index is 11.3. The molecule has 1 amide bonds. The van der Waals surface area contributed by atoms with E-state index in [9.17, 15) is 4.79 Å². The average molecular weight is 245 g/mol. The molecule has 0 rings (SSSR count). The molecule has 0 saturated carbocycles. The Kier molecular flexibility index (Phi) is 11.4. The SMILES string of the molecule is CCCCOCCOCCNC(=O)CC(C)C. The van der Waals surface area contributed by atoms with Crippen molar-refractivity contribution in [2.24, 2.45) is 5.92 Å². The van der Waals surface area contributed by atoms with E-state index in [4.69, 9.17) is 9.47 Å². The molecule has 4 heteroatoms. The van der Waals surface area contributed by atoms with Gasteiger partial charge in [-0.2, -0.15) is 0 Å². The van der Waals surface area contributed by atoms with Crippen molar-refractivity contribution in [3.63, 3.8) is 0 Å². The number of nitrogens with one attached hydrogen (secondary N) is 1. The highest BCUT2D eigenvalue weighted by molar-refractivity contribution is 5.75.